The first-order chi connectivity index (χ1) is 5.74. The third-order valence-corrected chi connectivity index (χ3v) is 1.01. The second-order valence-electron chi connectivity index (χ2n) is 1.97. The van der Waals surface area contributed by atoms with Gasteiger partial charge in [-0.05, 0) is 31.2 Å². The van der Waals surface area contributed by atoms with Crippen molar-refractivity contribution in [1.82, 2.24) is 0 Å². The molecule has 0 saturated heterocycles. The van der Waals surface area contributed by atoms with Crippen LogP contribution in [-0.4, -0.2) is 11.7 Å². The summed E-state index contributed by atoms with van der Waals surface area (Å²) in [6.45, 7) is 1.93. The third-order valence-electron chi connectivity index (χ3n) is 1.01. The molecule has 0 aliphatic rings. The molecule has 1 rings (SSSR count). The molecule has 0 fully saturated rings. The van der Waals surface area contributed by atoms with Crippen LogP contribution in [0, 0.1) is 5.82 Å². The monoisotopic (exact) mass is 208 g/mol. The molecule has 0 heterocycles. The molecule has 4 N–H and O–H groups in total. The molecule has 1 aromatic carbocycles. The minimum Gasteiger partial charge on any atom is -0.397 e. The standard InChI is InChI=1S/C6H7FN2.C2H6O.ClH/c7-5-1-3-6(9-8)4-2-5;1-2-3;/h1-4,9H,8H2;3H,2H2,1H3;1H. The van der Waals surface area contributed by atoms with Gasteiger partial charge >= 0.3 is 0 Å². The summed E-state index contributed by atoms with van der Waals surface area (Å²) in [5.41, 5.74) is 3.09. The van der Waals surface area contributed by atoms with Crippen molar-refractivity contribution in [2.24, 2.45) is 5.84 Å². The van der Waals surface area contributed by atoms with Gasteiger partial charge in [-0.15, -0.1) is 12.4 Å². The van der Waals surface area contributed by atoms with Crippen molar-refractivity contribution in [3.05, 3.63) is 30.1 Å². The van der Waals surface area contributed by atoms with Crippen molar-refractivity contribution in [2.45, 2.75) is 6.92 Å². The molecule has 13 heavy (non-hydrogen) atoms. The van der Waals surface area contributed by atoms with E-state index in [0.29, 0.717) is 5.69 Å². The molecule has 0 spiro atoms. The lowest BCUT2D eigenvalue weighted by Gasteiger charge is -1.95. The molecule has 76 valence electrons. The molecule has 0 aliphatic carbocycles. The lowest BCUT2D eigenvalue weighted by molar-refractivity contribution is 0.318. The summed E-state index contributed by atoms with van der Waals surface area (Å²) in [5.74, 6) is 4.77. The van der Waals surface area contributed by atoms with E-state index in [1.165, 1.54) is 12.1 Å². The summed E-state index contributed by atoms with van der Waals surface area (Å²) in [5, 5.41) is 7.57. The van der Waals surface area contributed by atoms with Crippen LogP contribution in [0.25, 0.3) is 0 Å². The van der Waals surface area contributed by atoms with E-state index in [1.54, 1.807) is 19.1 Å². The maximum Gasteiger partial charge on any atom is 0.123 e. The molecule has 5 heteroatoms. The molecule has 0 bridgehead atoms. The van der Waals surface area contributed by atoms with E-state index in [1.807, 2.05) is 0 Å². The van der Waals surface area contributed by atoms with Gasteiger partial charge in [0.2, 0.25) is 0 Å². The number of halogens is 2. The summed E-state index contributed by atoms with van der Waals surface area (Å²) >= 11 is 0. The number of benzene rings is 1. The smallest absolute Gasteiger partial charge is 0.123 e. The van der Waals surface area contributed by atoms with Gasteiger partial charge in [0.1, 0.15) is 5.82 Å². The predicted molar refractivity (Wildman–Crippen MR) is 54.2 cm³/mol. The Morgan fingerprint density at radius 3 is 2.08 bits per heavy atom. The van der Waals surface area contributed by atoms with Crippen molar-refractivity contribution >= 4 is 18.1 Å². The zero-order valence-electron chi connectivity index (χ0n) is 7.33. The van der Waals surface area contributed by atoms with Gasteiger partial charge < -0.3 is 10.5 Å². The SMILES string of the molecule is CCO.Cl.NNc1ccc(F)cc1. The lowest BCUT2D eigenvalue weighted by Crippen LogP contribution is -2.05. The van der Waals surface area contributed by atoms with Crippen LogP contribution in [0.2, 0.25) is 0 Å². The Morgan fingerprint density at radius 1 is 1.38 bits per heavy atom. The number of rotatable bonds is 1. The van der Waals surface area contributed by atoms with Crippen LogP contribution in [0.1, 0.15) is 6.92 Å². The lowest BCUT2D eigenvalue weighted by atomic mass is 10.3. The molecule has 0 unspecified atom stereocenters. The van der Waals surface area contributed by atoms with Crippen molar-refractivity contribution in [2.75, 3.05) is 12.0 Å². The van der Waals surface area contributed by atoms with Gasteiger partial charge in [-0.3, -0.25) is 5.84 Å². The maximum atomic E-state index is 12.2. The van der Waals surface area contributed by atoms with Gasteiger partial charge in [0, 0.05) is 12.3 Å². The largest absolute Gasteiger partial charge is 0.397 e. The highest BCUT2D eigenvalue weighted by Gasteiger charge is 1.87. The normalized spacial score (nSPS) is 7.69. The van der Waals surface area contributed by atoms with Crippen molar-refractivity contribution in [3.8, 4) is 0 Å². The fraction of sp³-hybridized carbons (Fsp3) is 0.250. The average Bonchev–Trinajstić information content (AvgIpc) is 2.07. The van der Waals surface area contributed by atoms with Gasteiger partial charge in [0.05, 0.1) is 0 Å². The number of anilines is 1. The summed E-state index contributed by atoms with van der Waals surface area (Å²) < 4.78 is 12.2. The average molecular weight is 209 g/mol. The van der Waals surface area contributed by atoms with Crippen LogP contribution in [0.4, 0.5) is 10.1 Å². The molecule has 3 nitrogen and oxygen atoms in total. The number of hydrogen-bond acceptors (Lipinski definition) is 3. The second-order valence-corrected chi connectivity index (χ2v) is 1.97. The molecule has 1 aromatic rings. The van der Waals surface area contributed by atoms with Crippen LogP contribution >= 0.6 is 12.4 Å². The van der Waals surface area contributed by atoms with Gasteiger partial charge in [0.25, 0.3) is 0 Å². The molecule has 0 amide bonds. The van der Waals surface area contributed by atoms with Gasteiger partial charge in [-0.2, -0.15) is 0 Å². The Bertz CT molecular complexity index is 206. The topological polar surface area (TPSA) is 58.3 Å². The third kappa shape index (κ3) is 7.52. The highest BCUT2D eigenvalue weighted by atomic mass is 35.5. The van der Waals surface area contributed by atoms with Crippen LogP contribution in [-0.2, 0) is 0 Å². The minimum atomic E-state index is -0.256. The van der Waals surface area contributed by atoms with Crippen molar-refractivity contribution in [1.29, 1.82) is 0 Å². The van der Waals surface area contributed by atoms with Crippen LogP contribution in [0.3, 0.4) is 0 Å². The van der Waals surface area contributed by atoms with Crippen molar-refractivity contribution in [3.63, 3.8) is 0 Å². The van der Waals surface area contributed by atoms with Gasteiger partial charge in [-0.25, -0.2) is 4.39 Å². The molecule has 0 radical (unpaired) electrons. The van der Waals surface area contributed by atoms with Crippen LogP contribution in [0.5, 0.6) is 0 Å². The van der Waals surface area contributed by atoms with E-state index in [-0.39, 0.29) is 24.8 Å². The number of nitrogen functional groups attached to an aromatic ring is 1. The van der Waals surface area contributed by atoms with E-state index in [2.05, 4.69) is 5.43 Å². The minimum absolute atomic E-state index is 0. The van der Waals surface area contributed by atoms with Gasteiger partial charge in [-0.1, -0.05) is 0 Å². The Hall–Kier alpha value is -0.840. The van der Waals surface area contributed by atoms with E-state index < -0.39 is 0 Å². The second kappa shape index (κ2) is 9.25. The molecule has 0 aliphatic heterocycles. The quantitative estimate of drug-likeness (QED) is 0.485. The van der Waals surface area contributed by atoms with Crippen molar-refractivity contribution < 1.29 is 9.50 Å². The fourth-order valence-electron chi connectivity index (χ4n) is 0.546. The number of nitrogens with one attached hydrogen (secondary N) is 1. The number of hydrazine groups is 1. The van der Waals surface area contributed by atoms with E-state index in [9.17, 15) is 4.39 Å². The zero-order valence-corrected chi connectivity index (χ0v) is 8.14. The Balaban J connectivity index is 0. The first kappa shape index (κ1) is 14.7. The Labute approximate surface area is 83.1 Å². The highest BCUT2D eigenvalue weighted by molar-refractivity contribution is 5.85. The molecular weight excluding hydrogens is 195 g/mol. The molecule has 0 atom stereocenters. The van der Waals surface area contributed by atoms with Crippen LogP contribution in [0.15, 0.2) is 24.3 Å². The molecular formula is C8H14ClFN2O. The van der Waals surface area contributed by atoms with E-state index in [0.717, 1.165) is 0 Å². The summed E-state index contributed by atoms with van der Waals surface area (Å²) in [6.07, 6.45) is 0. The molecule has 0 aromatic heterocycles. The zero-order chi connectivity index (χ0) is 9.40. The number of nitrogens with two attached hydrogens (primary N) is 1. The summed E-state index contributed by atoms with van der Waals surface area (Å²) in [4.78, 5) is 0. The van der Waals surface area contributed by atoms with Crippen LogP contribution < -0.4 is 11.3 Å². The summed E-state index contributed by atoms with van der Waals surface area (Å²) in [6, 6.07) is 5.81. The first-order valence-electron chi connectivity index (χ1n) is 3.57. The van der Waals surface area contributed by atoms with E-state index in [4.69, 9.17) is 10.9 Å². The molecule has 0 saturated carbocycles. The Morgan fingerprint density at radius 2 is 1.77 bits per heavy atom. The number of aliphatic hydroxyl groups is 1. The first-order valence-corrected chi connectivity index (χ1v) is 3.57. The van der Waals surface area contributed by atoms with Gasteiger partial charge in [0.15, 0.2) is 0 Å². The Kier molecular flexibility index (Phi) is 10.4. The van der Waals surface area contributed by atoms with E-state index >= 15 is 0 Å². The number of aliphatic hydroxyl groups excluding tert-OH is 1. The fourth-order valence-corrected chi connectivity index (χ4v) is 0.546. The number of hydrogen-bond donors (Lipinski definition) is 3. The predicted octanol–water partition coefficient (Wildman–Crippen LogP) is 1.53. The summed E-state index contributed by atoms with van der Waals surface area (Å²) in [7, 11) is 0. The maximum absolute atomic E-state index is 12.2. The highest BCUT2D eigenvalue weighted by Crippen LogP contribution is 2.05.